The number of allylic oxidation sites excluding steroid dienone is 1. The summed E-state index contributed by atoms with van der Waals surface area (Å²) in [6, 6.07) is 20.9. The van der Waals surface area contributed by atoms with E-state index in [-0.39, 0.29) is 5.97 Å². The number of hydrogen-bond donors (Lipinski definition) is 1. The first-order chi connectivity index (χ1) is 35.3. The number of anilines is 1. The quantitative estimate of drug-likeness (QED) is 0.0323. The van der Waals surface area contributed by atoms with E-state index in [4.69, 9.17) is 34.5 Å². The lowest BCUT2D eigenvalue weighted by molar-refractivity contribution is 0.00557. The van der Waals surface area contributed by atoms with Crippen LogP contribution < -0.4 is 20.1 Å². The number of piperazine rings is 2. The second kappa shape index (κ2) is 26.9. The molecule has 0 saturated carbocycles. The van der Waals surface area contributed by atoms with Gasteiger partial charge in [-0.2, -0.15) is 5.10 Å². The smallest absolute Gasteiger partial charge is 0.355 e. The zero-order chi connectivity index (χ0) is 51.9. The molecule has 2 N–H and O–H groups in total. The summed E-state index contributed by atoms with van der Waals surface area (Å²) in [4.78, 5) is 22.2. The molecule has 396 valence electrons. The van der Waals surface area contributed by atoms with Gasteiger partial charge >= 0.3 is 5.97 Å². The van der Waals surface area contributed by atoms with E-state index in [9.17, 15) is 4.79 Å². The molecule has 0 bridgehead atoms. The second-order valence-corrected chi connectivity index (χ2v) is 21.3. The van der Waals surface area contributed by atoms with Crippen LogP contribution in [0.5, 0.6) is 11.5 Å². The fraction of sp³-hybridized carbons (Fsp3) is 0.509. The van der Waals surface area contributed by atoms with Gasteiger partial charge in [0.1, 0.15) is 29.4 Å². The van der Waals surface area contributed by atoms with Crippen LogP contribution in [0.2, 0.25) is 0 Å². The first-order valence-corrected chi connectivity index (χ1v) is 26.8. The van der Waals surface area contributed by atoms with Gasteiger partial charge in [-0.25, -0.2) is 13.4 Å². The van der Waals surface area contributed by atoms with Crippen molar-refractivity contribution < 1.29 is 28.5 Å². The maximum atomic E-state index is 14.8. The third-order valence-corrected chi connectivity index (χ3v) is 14.2. The summed E-state index contributed by atoms with van der Waals surface area (Å²) >= 11 is 1.78. The van der Waals surface area contributed by atoms with Gasteiger partial charge in [-0.15, -0.1) is 0 Å². The van der Waals surface area contributed by atoms with E-state index in [0.29, 0.717) is 71.3 Å². The number of carbonyl (C=O) groups excluding carboxylic acids is 1. The SMILES string of the molecule is C=Cc1cccc(OCCCc2c(C(=O)OC(C)(C)C)n(CCN3CCN(CCOCCOCCN)CC3)c3c(-c4c(C)nn(C)c4COc4ccc(N5CCN(SN(C)C)CC5)cc4)cccc23)c1/C=C\C. The van der Waals surface area contributed by atoms with E-state index in [1.165, 1.54) is 5.69 Å². The molecule has 2 aliphatic heterocycles. The molecule has 0 spiro atoms. The van der Waals surface area contributed by atoms with Crippen molar-refractivity contribution in [2.24, 2.45) is 12.8 Å². The van der Waals surface area contributed by atoms with Gasteiger partial charge in [0.25, 0.3) is 0 Å². The average Bonchev–Trinajstić information content (AvgIpc) is 3.85. The predicted octanol–water partition coefficient (Wildman–Crippen LogP) is 8.43. The van der Waals surface area contributed by atoms with Crippen molar-refractivity contribution >= 4 is 46.8 Å². The van der Waals surface area contributed by atoms with Crippen LogP contribution in [0.3, 0.4) is 0 Å². The highest BCUT2D eigenvalue weighted by Gasteiger charge is 2.31. The molecule has 5 aromatic rings. The van der Waals surface area contributed by atoms with Gasteiger partial charge < -0.3 is 38.9 Å². The van der Waals surface area contributed by atoms with Crippen molar-refractivity contribution in [1.82, 2.24) is 32.8 Å². The Kier molecular flexibility index (Phi) is 20.5. The Morgan fingerprint density at radius 2 is 1.55 bits per heavy atom. The molecule has 0 aliphatic carbocycles. The van der Waals surface area contributed by atoms with E-state index in [1.807, 2.05) is 69.8 Å². The number of hydrogen-bond acceptors (Lipinski definition) is 14. The molecule has 2 saturated heterocycles. The third kappa shape index (κ3) is 15.0. The zero-order valence-corrected chi connectivity index (χ0v) is 45.7. The third-order valence-electron chi connectivity index (χ3n) is 13.3. The maximum absolute atomic E-state index is 14.8. The first-order valence-electron chi connectivity index (χ1n) is 26.1. The number of nitrogens with zero attached hydrogens (tertiary/aromatic N) is 8. The van der Waals surface area contributed by atoms with Crippen LogP contribution in [-0.4, -0.2) is 163 Å². The van der Waals surface area contributed by atoms with Crippen molar-refractivity contribution in [3.63, 3.8) is 0 Å². The Bertz CT molecular complexity index is 2590. The molecule has 0 atom stereocenters. The van der Waals surface area contributed by atoms with Gasteiger partial charge in [0, 0.05) is 125 Å². The standard InChI is InChI=1S/C57H81N9O6S/c1-10-15-47-44(11-2)16-12-20-52(47)70-37-14-19-49-48-17-13-18-50(53-43(3)59-61(9)51(53)42-71-46-23-21-45(22-24-46)64-31-33-65(34-32-64)73-60(7)8)54(48)66(55(49)56(67)72-57(4,5)6)35-30-62-26-28-63(29-27-62)36-39-69-41-40-68-38-25-58/h10-13,15-18,20-24H,2,14,19,25-42,58H2,1,3-9H3/b15-10-. The second-order valence-electron chi connectivity index (χ2n) is 19.9. The number of benzene rings is 3. The van der Waals surface area contributed by atoms with Crippen LogP contribution in [0.1, 0.15) is 72.7 Å². The molecule has 73 heavy (non-hydrogen) atoms. The molecule has 16 heteroatoms. The Labute approximate surface area is 439 Å². The Morgan fingerprint density at radius 1 is 0.849 bits per heavy atom. The number of fused-ring (bicyclic) bond motifs is 1. The zero-order valence-electron chi connectivity index (χ0n) is 44.9. The van der Waals surface area contributed by atoms with Crippen molar-refractivity contribution in [2.45, 2.75) is 66.2 Å². The molecule has 0 amide bonds. The maximum Gasteiger partial charge on any atom is 0.355 e. The van der Waals surface area contributed by atoms with Gasteiger partial charge in [-0.1, -0.05) is 55.1 Å². The Balaban J connectivity index is 1.18. The van der Waals surface area contributed by atoms with Crippen molar-refractivity contribution in [1.29, 1.82) is 0 Å². The minimum atomic E-state index is -0.707. The number of aromatic nitrogens is 3. The number of para-hydroxylation sites is 1. The molecule has 7 rings (SSSR count). The van der Waals surface area contributed by atoms with Gasteiger partial charge in [-0.3, -0.25) is 14.5 Å². The van der Waals surface area contributed by atoms with Crippen LogP contribution >= 0.6 is 12.1 Å². The average molecular weight is 1020 g/mol. The number of esters is 1. The largest absolute Gasteiger partial charge is 0.493 e. The monoisotopic (exact) mass is 1020 g/mol. The summed E-state index contributed by atoms with van der Waals surface area (Å²) in [5.41, 5.74) is 14.4. The summed E-state index contributed by atoms with van der Waals surface area (Å²) in [6.45, 7) is 27.4. The van der Waals surface area contributed by atoms with Crippen molar-refractivity contribution in [3.8, 4) is 22.6 Å². The minimum Gasteiger partial charge on any atom is -0.493 e. The first kappa shape index (κ1) is 55.6. The lowest BCUT2D eigenvalue weighted by Gasteiger charge is -2.36. The van der Waals surface area contributed by atoms with Crippen LogP contribution in [0.25, 0.3) is 34.2 Å². The molecule has 0 unspecified atom stereocenters. The van der Waals surface area contributed by atoms with Crippen LogP contribution in [0, 0.1) is 6.92 Å². The molecule has 2 aliphatic rings. The van der Waals surface area contributed by atoms with Crippen LogP contribution in [0.15, 0.2) is 73.3 Å². The summed E-state index contributed by atoms with van der Waals surface area (Å²) in [5, 5.41) is 6.02. The Morgan fingerprint density at radius 3 is 2.22 bits per heavy atom. The molecule has 2 fully saturated rings. The van der Waals surface area contributed by atoms with Crippen LogP contribution in [0.4, 0.5) is 5.69 Å². The highest BCUT2D eigenvalue weighted by atomic mass is 32.2. The van der Waals surface area contributed by atoms with Crippen LogP contribution in [-0.2, 0) is 40.8 Å². The minimum absolute atomic E-state index is 0.312. The predicted molar refractivity (Wildman–Crippen MR) is 299 cm³/mol. The fourth-order valence-electron chi connectivity index (χ4n) is 9.82. The van der Waals surface area contributed by atoms with Gasteiger partial charge in [0.15, 0.2) is 0 Å². The highest BCUT2D eigenvalue weighted by Crippen LogP contribution is 2.39. The van der Waals surface area contributed by atoms with E-state index in [0.717, 1.165) is 127 Å². The molecule has 3 aromatic carbocycles. The molecule has 4 heterocycles. The topological polar surface area (TPSA) is 128 Å². The van der Waals surface area contributed by atoms with E-state index in [1.54, 1.807) is 12.1 Å². The van der Waals surface area contributed by atoms with Gasteiger partial charge in [-0.05, 0) is 103 Å². The fourth-order valence-corrected chi connectivity index (χ4v) is 10.6. The molecular formula is C57H81N9O6S. The normalized spacial score (nSPS) is 15.3. The van der Waals surface area contributed by atoms with E-state index in [2.05, 4.69) is 104 Å². The number of carbonyl (C=O) groups is 1. The summed E-state index contributed by atoms with van der Waals surface area (Å²) in [5.74, 6) is 1.27. The van der Waals surface area contributed by atoms with E-state index < -0.39 is 5.60 Å². The number of nitrogens with two attached hydrogens (primary N) is 1. The van der Waals surface area contributed by atoms with Gasteiger partial charge in [0.05, 0.1) is 49.9 Å². The molecule has 2 aromatic heterocycles. The number of rotatable bonds is 26. The van der Waals surface area contributed by atoms with Crippen molar-refractivity contribution in [2.75, 3.05) is 124 Å². The summed E-state index contributed by atoms with van der Waals surface area (Å²) in [7, 11) is 6.16. The summed E-state index contributed by atoms with van der Waals surface area (Å²) in [6.07, 6.45) is 7.21. The summed E-state index contributed by atoms with van der Waals surface area (Å²) < 4.78 is 39.5. The van der Waals surface area contributed by atoms with Crippen molar-refractivity contribution in [3.05, 3.63) is 107 Å². The molecular weight excluding hydrogens is 939 g/mol. The lowest BCUT2D eigenvalue weighted by atomic mass is 9.98. The van der Waals surface area contributed by atoms with Gasteiger partial charge in [0.2, 0.25) is 0 Å². The Hall–Kier alpha value is -5.17. The highest BCUT2D eigenvalue weighted by molar-refractivity contribution is 7.94. The molecule has 15 nitrogen and oxygen atoms in total. The number of ether oxygens (including phenoxy) is 5. The van der Waals surface area contributed by atoms with E-state index >= 15 is 0 Å². The molecule has 0 radical (unpaired) electrons. The lowest BCUT2D eigenvalue weighted by Crippen LogP contribution is -2.48. The number of aryl methyl sites for hydroxylation is 3.